The van der Waals surface area contributed by atoms with E-state index >= 15 is 0 Å². The van der Waals surface area contributed by atoms with Crippen molar-refractivity contribution in [2.75, 3.05) is 6.61 Å². The molecule has 0 fully saturated rings. The summed E-state index contributed by atoms with van der Waals surface area (Å²) in [5, 5.41) is 7.99. The Morgan fingerprint density at radius 1 is 1.33 bits per heavy atom. The first kappa shape index (κ1) is 17.7. The average Bonchev–Trinajstić information content (AvgIpc) is 2.81. The van der Waals surface area contributed by atoms with Crippen LogP contribution >= 0.6 is 31.9 Å². The molecule has 2 aromatic heterocycles. The molecule has 0 unspecified atom stereocenters. The van der Waals surface area contributed by atoms with Crippen LogP contribution in [0.4, 0.5) is 4.39 Å². The maximum atomic E-state index is 13.2. The van der Waals surface area contributed by atoms with E-state index in [9.17, 15) is 9.18 Å². The van der Waals surface area contributed by atoms with Gasteiger partial charge in [-0.2, -0.15) is 0 Å². The summed E-state index contributed by atoms with van der Waals surface area (Å²) in [5.74, 6) is -1.24. The maximum Gasteiger partial charge on any atom is 0.342 e. The molecular weight excluding hydrogens is 411 g/mol. The Morgan fingerprint density at radius 3 is 2.43 bits per heavy atom. The number of aromatic nitrogens is 4. The van der Waals surface area contributed by atoms with Gasteiger partial charge in [0.25, 0.3) is 0 Å². The van der Waals surface area contributed by atoms with Gasteiger partial charge in [-0.05, 0) is 44.8 Å². The zero-order chi connectivity index (χ0) is 16.0. The van der Waals surface area contributed by atoms with Crippen molar-refractivity contribution in [3.63, 3.8) is 0 Å². The van der Waals surface area contributed by atoms with Gasteiger partial charge in [0, 0.05) is 0 Å². The van der Waals surface area contributed by atoms with Crippen LogP contribution in [-0.2, 0) is 4.74 Å². The molecule has 0 saturated heterocycles. The number of nitrogens with zero attached hydrogens (tertiary/aromatic N) is 4. The minimum atomic E-state index is -0.686. The summed E-state index contributed by atoms with van der Waals surface area (Å²) in [7, 11) is 0. The largest absolute Gasteiger partial charge is 0.462 e. The number of rotatable bonds is 3. The van der Waals surface area contributed by atoms with Gasteiger partial charge in [-0.15, -0.1) is 15.0 Å². The van der Waals surface area contributed by atoms with E-state index in [-0.39, 0.29) is 18.0 Å². The Hall–Kier alpha value is -1.35. The Balaban J connectivity index is 0.00000106. The van der Waals surface area contributed by atoms with E-state index in [1.54, 1.807) is 6.92 Å². The molecule has 2 rings (SSSR count). The Morgan fingerprint density at radius 2 is 1.90 bits per heavy atom. The summed E-state index contributed by atoms with van der Waals surface area (Å²) in [6.45, 7) is 5.83. The van der Waals surface area contributed by atoms with Crippen molar-refractivity contribution in [3.05, 3.63) is 32.9 Å². The monoisotopic (exact) mass is 422 g/mol. The third-order valence-corrected chi connectivity index (χ3v) is 3.65. The molecule has 0 atom stereocenters. The van der Waals surface area contributed by atoms with E-state index in [4.69, 9.17) is 4.74 Å². The summed E-state index contributed by atoms with van der Waals surface area (Å²) >= 11 is 6.32. The fourth-order valence-corrected chi connectivity index (χ4v) is 1.78. The molecule has 0 aliphatic heterocycles. The molecule has 21 heavy (non-hydrogen) atoms. The molecule has 0 amide bonds. The highest BCUT2D eigenvalue weighted by Gasteiger charge is 2.19. The predicted molar refractivity (Wildman–Crippen MR) is 81.8 cm³/mol. The standard InChI is InChI=1S/C10H7Br2FN4O2.C2H6/c1-2-19-10(18)6-3-5(13)4-14-9(6)17-15-7(11)8(12)16-17;1-2/h3-4H,2H2,1H3;1-2H3. The SMILES string of the molecule is CC.CCOC(=O)c1cc(F)cnc1-n1nc(Br)c(Br)n1. The van der Waals surface area contributed by atoms with Crippen molar-refractivity contribution in [1.82, 2.24) is 20.0 Å². The first-order chi connectivity index (χ1) is 10.0. The maximum absolute atomic E-state index is 13.2. The number of carbonyl (C=O) groups excluding carboxylic acids is 1. The summed E-state index contributed by atoms with van der Waals surface area (Å²) in [4.78, 5) is 16.7. The van der Waals surface area contributed by atoms with Crippen LogP contribution in [-0.4, -0.2) is 32.6 Å². The molecular formula is C12H13Br2FN4O2. The highest BCUT2D eigenvalue weighted by Crippen LogP contribution is 2.20. The zero-order valence-corrected chi connectivity index (χ0v) is 14.8. The first-order valence-electron chi connectivity index (χ1n) is 6.14. The second kappa shape index (κ2) is 8.18. The van der Waals surface area contributed by atoms with E-state index in [0.717, 1.165) is 17.1 Å². The molecule has 2 heterocycles. The van der Waals surface area contributed by atoms with Crippen molar-refractivity contribution in [1.29, 1.82) is 0 Å². The Kier molecular flexibility index (Phi) is 6.90. The third kappa shape index (κ3) is 4.31. The number of ether oxygens (including phenoxy) is 1. The van der Waals surface area contributed by atoms with Crippen molar-refractivity contribution in [3.8, 4) is 5.82 Å². The zero-order valence-electron chi connectivity index (χ0n) is 11.6. The highest BCUT2D eigenvalue weighted by molar-refractivity contribution is 9.13. The molecule has 0 aromatic carbocycles. The summed E-state index contributed by atoms with van der Waals surface area (Å²) < 4.78 is 18.9. The van der Waals surface area contributed by atoms with Crippen molar-refractivity contribution in [2.24, 2.45) is 0 Å². The van der Waals surface area contributed by atoms with Crippen LogP contribution in [0.1, 0.15) is 31.1 Å². The van der Waals surface area contributed by atoms with Crippen LogP contribution in [0.25, 0.3) is 5.82 Å². The fraction of sp³-hybridized carbons (Fsp3) is 0.333. The topological polar surface area (TPSA) is 69.9 Å². The minimum Gasteiger partial charge on any atom is -0.462 e. The molecule has 9 heteroatoms. The number of halogens is 3. The molecule has 0 saturated carbocycles. The Labute approximate surface area is 138 Å². The molecule has 2 aromatic rings. The first-order valence-corrected chi connectivity index (χ1v) is 7.73. The number of hydrogen-bond acceptors (Lipinski definition) is 5. The van der Waals surface area contributed by atoms with Gasteiger partial charge in [0.2, 0.25) is 0 Å². The van der Waals surface area contributed by atoms with E-state index in [0.29, 0.717) is 9.21 Å². The molecule has 0 aliphatic carbocycles. The van der Waals surface area contributed by atoms with Gasteiger partial charge < -0.3 is 4.74 Å². The minimum absolute atomic E-state index is 0.0446. The second-order valence-corrected chi connectivity index (χ2v) is 4.82. The smallest absolute Gasteiger partial charge is 0.342 e. The molecule has 114 valence electrons. The van der Waals surface area contributed by atoms with Crippen LogP contribution in [0.15, 0.2) is 21.5 Å². The van der Waals surface area contributed by atoms with Crippen LogP contribution in [0.5, 0.6) is 0 Å². The molecule has 6 nitrogen and oxygen atoms in total. The number of carbonyl (C=O) groups is 1. The summed E-state index contributed by atoms with van der Waals surface area (Å²) in [6.07, 6.45) is 0.975. The van der Waals surface area contributed by atoms with E-state index < -0.39 is 11.8 Å². The average molecular weight is 424 g/mol. The third-order valence-electron chi connectivity index (χ3n) is 2.05. The van der Waals surface area contributed by atoms with Gasteiger partial charge in [-0.3, -0.25) is 0 Å². The normalized spacial score (nSPS) is 9.81. The highest BCUT2D eigenvalue weighted by atomic mass is 79.9. The van der Waals surface area contributed by atoms with Gasteiger partial charge in [-0.1, -0.05) is 13.8 Å². The molecule has 0 radical (unpaired) electrons. The van der Waals surface area contributed by atoms with Crippen molar-refractivity contribution >= 4 is 37.8 Å². The lowest BCUT2D eigenvalue weighted by atomic mass is 10.2. The van der Waals surface area contributed by atoms with E-state index in [1.165, 1.54) is 0 Å². The molecule has 0 aliphatic rings. The van der Waals surface area contributed by atoms with Gasteiger partial charge >= 0.3 is 5.97 Å². The lowest BCUT2D eigenvalue weighted by molar-refractivity contribution is 0.0525. The van der Waals surface area contributed by atoms with Crippen molar-refractivity contribution in [2.45, 2.75) is 20.8 Å². The Bertz CT molecular complexity index is 614. The second-order valence-electron chi connectivity index (χ2n) is 3.32. The van der Waals surface area contributed by atoms with Crippen LogP contribution in [0.3, 0.4) is 0 Å². The summed E-state index contributed by atoms with van der Waals surface area (Å²) in [5.41, 5.74) is -0.0446. The quantitative estimate of drug-likeness (QED) is 0.706. The van der Waals surface area contributed by atoms with Crippen molar-refractivity contribution < 1.29 is 13.9 Å². The van der Waals surface area contributed by atoms with E-state index in [1.807, 2.05) is 13.8 Å². The van der Waals surface area contributed by atoms with Gasteiger partial charge in [0.1, 0.15) is 11.4 Å². The van der Waals surface area contributed by atoms with E-state index in [2.05, 4.69) is 47.0 Å². The predicted octanol–water partition coefficient (Wildman–Crippen LogP) is 3.53. The lowest BCUT2D eigenvalue weighted by Crippen LogP contribution is -2.13. The number of hydrogen-bond donors (Lipinski definition) is 0. The molecule has 0 spiro atoms. The van der Waals surface area contributed by atoms with Gasteiger partial charge in [-0.25, -0.2) is 14.2 Å². The van der Waals surface area contributed by atoms with Gasteiger partial charge in [0.05, 0.1) is 12.8 Å². The van der Waals surface area contributed by atoms with Crippen LogP contribution in [0, 0.1) is 5.82 Å². The van der Waals surface area contributed by atoms with Crippen LogP contribution < -0.4 is 0 Å². The molecule has 0 N–H and O–H groups in total. The number of pyridine rings is 1. The van der Waals surface area contributed by atoms with Crippen LogP contribution in [0.2, 0.25) is 0 Å². The number of esters is 1. The summed E-state index contributed by atoms with van der Waals surface area (Å²) in [6, 6.07) is 1.03. The molecule has 0 bridgehead atoms. The van der Waals surface area contributed by atoms with Gasteiger partial charge in [0.15, 0.2) is 15.0 Å². The fourth-order valence-electron chi connectivity index (χ4n) is 1.32. The lowest BCUT2D eigenvalue weighted by Gasteiger charge is -2.06.